The molecule has 8 nitrogen and oxygen atoms in total. The molecule has 44 heavy (non-hydrogen) atoms. The molecule has 0 unspecified atom stereocenters. The molecule has 240 valence electrons. The van der Waals surface area contributed by atoms with Crippen LogP contribution in [0.3, 0.4) is 0 Å². The van der Waals surface area contributed by atoms with Gasteiger partial charge in [-0.15, -0.1) is 0 Å². The van der Waals surface area contributed by atoms with Crippen LogP contribution < -0.4 is 10.2 Å². The lowest BCUT2D eigenvalue weighted by molar-refractivity contribution is -0.143. The van der Waals surface area contributed by atoms with Crippen molar-refractivity contribution in [2.24, 2.45) is 5.92 Å². The minimum absolute atomic E-state index is 0.0145. The number of nitrogens with zero attached hydrogens (tertiary/aromatic N) is 3. The number of hydrogen-bond acceptors (Lipinski definition) is 3. The van der Waals surface area contributed by atoms with Gasteiger partial charge in [-0.1, -0.05) is 12.1 Å². The van der Waals surface area contributed by atoms with Gasteiger partial charge < -0.3 is 20.2 Å². The fraction of sp³-hybridized carbons (Fsp3) is 0.483. The summed E-state index contributed by atoms with van der Waals surface area (Å²) in [6, 6.07) is 4.36. The number of urea groups is 1. The second-order valence-corrected chi connectivity index (χ2v) is 11.2. The second kappa shape index (κ2) is 12.5. The number of benzene rings is 2. The lowest BCUT2D eigenvalue weighted by Crippen LogP contribution is -2.48. The van der Waals surface area contributed by atoms with E-state index in [4.69, 9.17) is 5.11 Å². The highest BCUT2D eigenvalue weighted by Gasteiger charge is 2.43. The third-order valence-corrected chi connectivity index (χ3v) is 8.35. The third kappa shape index (κ3) is 7.36. The first-order valence-electron chi connectivity index (χ1n) is 13.8. The molecule has 2 aromatic rings. The van der Waals surface area contributed by atoms with Crippen LogP contribution in [0.5, 0.6) is 0 Å². The average molecular weight is 633 g/mol. The van der Waals surface area contributed by atoms with E-state index in [9.17, 15) is 45.1 Å². The number of likely N-dealkylation sites (tertiary alicyclic amines) is 1. The molecule has 2 atom stereocenters. The lowest BCUT2D eigenvalue weighted by atomic mass is 9.85. The first kappa shape index (κ1) is 32.9. The van der Waals surface area contributed by atoms with Gasteiger partial charge in [-0.3, -0.25) is 9.69 Å². The number of likely N-dealkylation sites (N-methyl/N-ethyl adjacent to an activating group) is 1. The van der Waals surface area contributed by atoms with E-state index in [-0.39, 0.29) is 31.1 Å². The standard InChI is InChI=1S/C29H31F7N4O4/c1-38(22-12-18(28(31,32)33)11-19(13-22)29(34,35)36)27(44)39(2)24-15-40(14-23(24)16-3-7-20(30)8-4-16)25(41)17-5-9-21(10-6-17)37-26(42)43/h3-4,7-8,11-13,17,21,23-24,37H,5-6,9-10,14-15H2,1-2H3,(H,42,43)/t17-,21+,23-,24+/m0/s1. The SMILES string of the molecule is CN(C(=O)N(C)[C@@H]1CN(C(=O)[C@H]2CC[C@@H](NC(=O)O)CC2)C[C@H]1c1ccc(F)cc1)c1cc(C(F)(F)F)cc(C(F)(F)F)c1. The predicted molar refractivity (Wildman–Crippen MR) is 144 cm³/mol. The molecule has 0 bridgehead atoms. The molecule has 2 aromatic carbocycles. The minimum Gasteiger partial charge on any atom is -0.465 e. The zero-order valence-electron chi connectivity index (χ0n) is 23.8. The van der Waals surface area contributed by atoms with Gasteiger partial charge in [0.1, 0.15) is 5.82 Å². The Morgan fingerprint density at radius 3 is 1.91 bits per heavy atom. The van der Waals surface area contributed by atoms with Crippen LogP contribution in [0.15, 0.2) is 42.5 Å². The van der Waals surface area contributed by atoms with Crippen LogP contribution in [0.25, 0.3) is 0 Å². The fourth-order valence-corrected chi connectivity index (χ4v) is 5.94. The molecule has 4 amide bonds. The first-order valence-corrected chi connectivity index (χ1v) is 13.8. The summed E-state index contributed by atoms with van der Waals surface area (Å²) in [6.07, 6.45) is -9.57. The van der Waals surface area contributed by atoms with Crippen molar-refractivity contribution in [1.82, 2.24) is 15.1 Å². The summed E-state index contributed by atoms with van der Waals surface area (Å²) in [7, 11) is 2.40. The molecule has 0 aromatic heterocycles. The molecule has 2 aliphatic rings. The fourth-order valence-electron chi connectivity index (χ4n) is 5.94. The van der Waals surface area contributed by atoms with Gasteiger partial charge >= 0.3 is 24.5 Å². The average Bonchev–Trinajstić information content (AvgIpc) is 3.40. The number of halogens is 7. The lowest BCUT2D eigenvalue weighted by Gasteiger charge is -2.33. The molecule has 1 saturated heterocycles. The van der Waals surface area contributed by atoms with Crippen molar-refractivity contribution < 1.29 is 50.2 Å². The topological polar surface area (TPSA) is 93.2 Å². The van der Waals surface area contributed by atoms with Crippen LogP contribution in [-0.2, 0) is 17.1 Å². The Hall–Kier alpha value is -4.04. The van der Waals surface area contributed by atoms with Gasteiger partial charge in [-0.2, -0.15) is 26.3 Å². The van der Waals surface area contributed by atoms with E-state index in [1.165, 1.54) is 36.2 Å². The molecule has 1 aliphatic heterocycles. The van der Waals surface area contributed by atoms with E-state index in [1.54, 1.807) is 4.90 Å². The maximum Gasteiger partial charge on any atom is 0.416 e. The Morgan fingerprint density at radius 2 is 1.41 bits per heavy atom. The van der Waals surface area contributed by atoms with Gasteiger partial charge in [-0.05, 0) is 61.6 Å². The first-order chi connectivity index (χ1) is 20.5. The smallest absolute Gasteiger partial charge is 0.416 e. The van der Waals surface area contributed by atoms with E-state index in [1.807, 2.05) is 0 Å². The van der Waals surface area contributed by atoms with Crippen molar-refractivity contribution in [1.29, 1.82) is 0 Å². The Kier molecular flexibility index (Phi) is 9.35. The van der Waals surface area contributed by atoms with Crippen LogP contribution in [0.1, 0.15) is 48.3 Å². The normalized spacial score (nSPS) is 22.4. The van der Waals surface area contributed by atoms with Crippen LogP contribution in [-0.4, -0.2) is 72.2 Å². The Balaban J connectivity index is 1.58. The summed E-state index contributed by atoms with van der Waals surface area (Å²) < 4.78 is 94.4. The van der Waals surface area contributed by atoms with Crippen LogP contribution >= 0.6 is 0 Å². The molecule has 0 spiro atoms. The highest BCUT2D eigenvalue weighted by molar-refractivity contribution is 5.92. The molecule has 15 heteroatoms. The number of hydrogen-bond donors (Lipinski definition) is 2. The van der Waals surface area contributed by atoms with Crippen molar-refractivity contribution >= 4 is 23.7 Å². The van der Waals surface area contributed by atoms with E-state index in [0.29, 0.717) is 48.3 Å². The highest BCUT2D eigenvalue weighted by Crippen LogP contribution is 2.39. The van der Waals surface area contributed by atoms with Gasteiger partial charge in [0.2, 0.25) is 5.91 Å². The zero-order valence-corrected chi connectivity index (χ0v) is 23.8. The summed E-state index contributed by atoms with van der Waals surface area (Å²) in [5, 5.41) is 11.4. The maximum atomic E-state index is 13.7. The zero-order chi connectivity index (χ0) is 32.6. The van der Waals surface area contributed by atoms with Crippen molar-refractivity contribution in [2.75, 3.05) is 32.1 Å². The summed E-state index contributed by atoms with van der Waals surface area (Å²) in [4.78, 5) is 41.4. The molecular weight excluding hydrogens is 601 g/mol. The van der Waals surface area contributed by atoms with Crippen molar-refractivity contribution in [2.45, 2.75) is 56.0 Å². The van der Waals surface area contributed by atoms with Gasteiger partial charge in [0.15, 0.2) is 0 Å². The van der Waals surface area contributed by atoms with Crippen LogP contribution in [0, 0.1) is 11.7 Å². The van der Waals surface area contributed by atoms with Gasteiger partial charge in [-0.25, -0.2) is 14.0 Å². The molecule has 0 radical (unpaired) electrons. The molecule has 1 heterocycles. The van der Waals surface area contributed by atoms with Crippen LogP contribution in [0.4, 0.5) is 46.0 Å². The summed E-state index contributed by atoms with van der Waals surface area (Å²) >= 11 is 0. The number of nitrogens with one attached hydrogen (secondary N) is 1. The van der Waals surface area contributed by atoms with E-state index >= 15 is 0 Å². The number of anilines is 1. The molecule has 1 saturated carbocycles. The van der Waals surface area contributed by atoms with Crippen LogP contribution in [0.2, 0.25) is 0 Å². The predicted octanol–water partition coefficient (Wildman–Crippen LogP) is 6.17. The van der Waals surface area contributed by atoms with Gasteiger partial charge in [0.25, 0.3) is 0 Å². The Labute approximate surface area is 248 Å². The second-order valence-electron chi connectivity index (χ2n) is 11.2. The summed E-state index contributed by atoms with van der Waals surface area (Å²) in [5.41, 5.74) is -3.18. The van der Waals surface area contributed by atoms with Crippen molar-refractivity contribution in [3.63, 3.8) is 0 Å². The molecule has 2 N–H and O–H groups in total. The number of carbonyl (C=O) groups excluding carboxylic acids is 2. The monoisotopic (exact) mass is 632 g/mol. The Morgan fingerprint density at radius 1 is 0.864 bits per heavy atom. The third-order valence-electron chi connectivity index (χ3n) is 8.35. The van der Waals surface area contributed by atoms with Crippen molar-refractivity contribution in [3.8, 4) is 0 Å². The molecular formula is C29H31F7N4O4. The minimum atomic E-state index is -5.10. The molecule has 2 fully saturated rings. The number of rotatable bonds is 5. The van der Waals surface area contributed by atoms with Gasteiger partial charge in [0, 0.05) is 50.7 Å². The van der Waals surface area contributed by atoms with Crippen molar-refractivity contribution in [3.05, 3.63) is 65.0 Å². The summed E-state index contributed by atoms with van der Waals surface area (Å²) in [5.74, 6) is -1.67. The van der Waals surface area contributed by atoms with E-state index in [2.05, 4.69) is 5.32 Å². The highest BCUT2D eigenvalue weighted by atomic mass is 19.4. The maximum absolute atomic E-state index is 13.7. The quantitative estimate of drug-likeness (QED) is 0.386. The molecule has 1 aliphatic carbocycles. The summed E-state index contributed by atoms with van der Waals surface area (Å²) in [6.45, 7) is 0.145. The number of carboxylic acid groups (broad SMARTS) is 1. The van der Waals surface area contributed by atoms with E-state index < -0.39 is 65.0 Å². The molecule has 4 rings (SSSR count). The number of alkyl halides is 6. The number of amides is 4. The van der Waals surface area contributed by atoms with Gasteiger partial charge in [0.05, 0.1) is 17.2 Å². The number of carbonyl (C=O) groups is 3. The van der Waals surface area contributed by atoms with E-state index in [0.717, 1.165) is 7.05 Å². The largest absolute Gasteiger partial charge is 0.465 e. The Bertz CT molecular complexity index is 1340.